The Bertz CT molecular complexity index is 920. The van der Waals surface area contributed by atoms with Gasteiger partial charge in [0.1, 0.15) is 29.7 Å². The SMILES string of the molecule is CCOC(=O)[C@H](CC(C)C)NP1(=O)OC[C@H]2O[C@@H](n3ccc(N)nc3=O)[C@](C)(O)[C@@H]2O1. The maximum Gasteiger partial charge on any atom is 0.406 e. The summed E-state index contributed by atoms with van der Waals surface area (Å²) in [7, 11) is -4.00. The minimum absolute atomic E-state index is 0.0275. The lowest BCUT2D eigenvalue weighted by Crippen LogP contribution is -2.50. The minimum atomic E-state index is -4.00. The summed E-state index contributed by atoms with van der Waals surface area (Å²) in [6.07, 6.45) is -1.39. The highest BCUT2D eigenvalue weighted by molar-refractivity contribution is 7.51. The number of esters is 1. The largest absolute Gasteiger partial charge is 0.465 e. The fourth-order valence-corrected chi connectivity index (χ4v) is 5.45. The standard InChI is InChI=1S/C18H29N4O8P/c1-5-27-15(23)11(8-10(2)3)21-31(26)28-9-12-14(30-31)18(4,25)16(29-12)22-7-6-13(19)20-17(22)24/h6-7,10-12,14,16,25H,5,8-9H2,1-4H3,(H,21,26)(H2,19,20,24)/t11-,12+,14+,16+,18+,31?/m0/s1. The van der Waals surface area contributed by atoms with Crippen molar-refractivity contribution < 1.29 is 33.0 Å². The maximum absolute atomic E-state index is 13.3. The zero-order valence-corrected chi connectivity index (χ0v) is 18.8. The van der Waals surface area contributed by atoms with Crippen molar-refractivity contribution in [3.8, 4) is 0 Å². The molecule has 13 heteroatoms. The van der Waals surface area contributed by atoms with Crippen molar-refractivity contribution in [3.05, 3.63) is 22.7 Å². The highest BCUT2D eigenvalue weighted by atomic mass is 31.2. The summed E-state index contributed by atoms with van der Waals surface area (Å²) in [6, 6.07) is 0.469. The van der Waals surface area contributed by atoms with Gasteiger partial charge >= 0.3 is 19.4 Å². The summed E-state index contributed by atoms with van der Waals surface area (Å²) in [4.78, 5) is 28.2. The molecule has 6 atom stereocenters. The molecule has 174 valence electrons. The third kappa shape index (κ3) is 5.00. The van der Waals surface area contributed by atoms with Crippen LogP contribution in [0.15, 0.2) is 17.1 Å². The second-order valence-corrected chi connectivity index (χ2v) is 9.90. The zero-order chi connectivity index (χ0) is 23.0. The number of rotatable bonds is 7. The normalized spacial score (nSPS) is 33.8. The van der Waals surface area contributed by atoms with Crippen LogP contribution in [0.25, 0.3) is 0 Å². The van der Waals surface area contributed by atoms with Crippen molar-refractivity contribution in [1.29, 1.82) is 0 Å². The number of nitrogen functional groups attached to an aromatic ring is 1. The zero-order valence-electron chi connectivity index (χ0n) is 17.9. The van der Waals surface area contributed by atoms with Crippen LogP contribution in [0.1, 0.15) is 40.3 Å². The van der Waals surface area contributed by atoms with Crippen LogP contribution in [-0.2, 0) is 27.9 Å². The Morgan fingerprint density at radius 1 is 1.55 bits per heavy atom. The monoisotopic (exact) mass is 460 g/mol. The van der Waals surface area contributed by atoms with Crippen molar-refractivity contribution in [2.45, 2.75) is 64.2 Å². The van der Waals surface area contributed by atoms with Gasteiger partial charge in [-0.3, -0.25) is 18.4 Å². The van der Waals surface area contributed by atoms with E-state index in [0.717, 1.165) is 4.57 Å². The molecule has 0 radical (unpaired) electrons. The first-order chi connectivity index (χ1) is 14.5. The van der Waals surface area contributed by atoms with E-state index in [1.54, 1.807) is 6.92 Å². The molecule has 3 rings (SSSR count). The second kappa shape index (κ2) is 8.97. The van der Waals surface area contributed by atoms with Gasteiger partial charge in [-0.1, -0.05) is 13.8 Å². The molecule has 1 aromatic heterocycles. The highest BCUT2D eigenvalue weighted by Crippen LogP contribution is 2.55. The lowest BCUT2D eigenvalue weighted by Gasteiger charge is -2.36. The van der Waals surface area contributed by atoms with E-state index in [-0.39, 0.29) is 24.9 Å². The number of fused-ring (bicyclic) bond motifs is 1. The highest BCUT2D eigenvalue weighted by Gasteiger charge is 2.60. The molecule has 0 amide bonds. The molecule has 0 bridgehead atoms. The first-order valence-corrected chi connectivity index (χ1v) is 11.6. The Hall–Kier alpha value is -1.82. The van der Waals surface area contributed by atoms with Crippen LogP contribution in [0.2, 0.25) is 0 Å². The third-order valence-electron chi connectivity index (χ3n) is 5.07. The van der Waals surface area contributed by atoms with Crippen LogP contribution in [0.4, 0.5) is 5.82 Å². The predicted octanol–water partition coefficient (Wildman–Crippen LogP) is 0.565. The molecule has 0 spiro atoms. The minimum Gasteiger partial charge on any atom is -0.465 e. The number of nitrogens with one attached hydrogen (secondary N) is 1. The van der Waals surface area contributed by atoms with E-state index < -0.39 is 49.5 Å². The van der Waals surface area contributed by atoms with Crippen molar-refractivity contribution in [2.24, 2.45) is 5.92 Å². The van der Waals surface area contributed by atoms with Gasteiger partial charge in [0.05, 0.1) is 13.2 Å². The molecule has 1 aromatic rings. The van der Waals surface area contributed by atoms with Gasteiger partial charge in [-0.05, 0) is 32.3 Å². The van der Waals surface area contributed by atoms with Gasteiger partial charge in [0.25, 0.3) is 0 Å². The molecule has 0 aromatic carbocycles. The summed E-state index contributed by atoms with van der Waals surface area (Å²) in [6.45, 7) is 6.86. The number of aromatic nitrogens is 2. The Balaban J connectivity index is 1.81. The van der Waals surface area contributed by atoms with Gasteiger partial charge in [-0.2, -0.15) is 4.98 Å². The van der Waals surface area contributed by atoms with Gasteiger partial charge in [0.2, 0.25) is 0 Å². The van der Waals surface area contributed by atoms with Crippen LogP contribution in [0.5, 0.6) is 0 Å². The number of nitrogens with zero attached hydrogens (tertiary/aromatic N) is 2. The molecule has 0 saturated carbocycles. The molecule has 31 heavy (non-hydrogen) atoms. The molecular formula is C18H29N4O8P. The van der Waals surface area contributed by atoms with E-state index in [0.29, 0.717) is 6.42 Å². The van der Waals surface area contributed by atoms with Crippen LogP contribution in [-0.4, -0.2) is 57.7 Å². The Labute approximate surface area is 179 Å². The lowest BCUT2D eigenvalue weighted by molar-refractivity contribution is -0.146. The first-order valence-electron chi connectivity index (χ1n) is 10.1. The van der Waals surface area contributed by atoms with E-state index in [1.165, 1.54) is 19.2 Å². The number of carbonyl (C=O) groups is 1. The van der Waals surface area contributed by atoms with E-state index in [9.17, 15) is 19.3 Å². The Kier molecular flexibility index (Phi) is 6.90. The number of ether oxygens (including phenoxy) is 2. The van der Waals surface area contributed by atoms with E-state index in [4.69, 9.17) is 24.3 Å². The molecule has 2 fully saturated rings. The third-order valence-corrected chi connectivity index (χ3v) is 6.70. The van der Waals surface area contributed by atoms with Gasteiger partial charge in [0, 0.05) is 6.20 Å². The lowest BCUT2D eigenvalue weighted by atomic mass is 9.96. The number of carbonyl (C=O) groups excluding carboxylic acids is 1. The average Bonchev–Trinajstić information content (AvgIpc) is 2.91. The predicted molar refractivity (Wildman–Crippen MR) is 109 cm³/mol. The van der Waals surface area contributed by atoms with Crippen LogP contribution in [0.3, 0.4) is 0 Å². The summed E-state index contributed by atoms with van der Waals surface area (Å²) in [5.41, 5.74) is 3.04. The first kappa shape index (κ1) is 23.8. The molecule has 2 saturated heterocycles. The smallest absolute Gasteiger partial charge is 0.406 e. The fourth-order valence-electron chi connectivity index (χ4n) is 3.67. The van der Waals surface area contributed by atoms with E-state index in [2.05, 4.69) is 10.1 Å². The van der Waals surface area contributed by atoms with Crippen molar-refractivity contribution in [1.82, 2.24) is 14.6 Å². The van der Waals surface area contributed by atoms with Crippen LogP contribution >= 0.6 is 7.75 Å². The van der Waals surface area contributed by atoms with Gasteiger partial charge < -0.3 is 20.3 Å². The average molecular weight is 460 g/mol. The van der Waals surface area contributed by atoms with E-state index in [1.807, 2.05) is 13.8 Å². The summed E-state index contributed by atoms with van der Waals surface area (Å²) >= 11 is 0. The molecule has 1 unspecified atom stereocenters. The molecule has 3 heterocycles. The molecule has 12 nitrogen and oxygen atoms in total. The molecule has 2 aliphatic heterocycles. The Morgan fingerprint density at radius 2 is 2.26 bits per heavy atom. The number of anilines is 1. The maximum atomic E-state index is 13.3. The molecule has 4 N–H and O–H groups in total. The Morgan fingerprint density at radius 3 is 2.87 bits per heavy atom. The topological polar surface area (TPSA) is 164 Å². The summed E-state index contributed by atoms with van der Waals surface area (Å²) in [5, 5.41) is 13.8. The van der Waals surface area contributed by atoms with Gasteiger partial charge in [0.15, 0.2) is 6.23 Å². The summed E-state index contributed by atoms with van der Waals surface area (Å²) in [5.74, 6) is -0.453. The molecule has 2 aliphatic rings. The second-order valence-electron chi connectivity index (χ2n) is 8.18. The number of hydrogen-bond donors (Lipinski definition) is 3. The van der Waals surface area contributed by atoms with Gasteiger partial charge in [-0.25, -0.2) is 14.4 Å². The van der Waals surface area contributed by atoms with Crippen molar-refractivity contribution in [3.63, 3.8) is 0 Å². The number of aliphatic hydroxyl groups is 1. The number of nitrogens with two attached hydrogens (primary N) is 1. The number of hydrogen-bond acceptors (Lipinski definition) is 10. The summed E-state index contributed by atoms with van der Waals surface area (Å²) < 4.78 is 36.3. The van der Waals surface area contributed by atoms with Crippen molar-refractivity contribution in [2.75, 3.05) is 18.9 Å². The quantitative estimate of drug-likeness (QED) is 0.385. The molecular weight excluding hydrogens is 431 g/mol. The fraction of sp³-hybridized carbons (Fsp3) is 0.722. The van der Waals surface area contributed by atoms with Crippen molar-refractivity contribution >= 4 is 19.5 Å². The van der Waals surface area contributed by atoms with Crippen LogP contribution < -0.4 is 16.5 Å². The molecule has 0 aliphatic carbocycles. The van der Waals surface area contributed by atoms with Gasteiger partial charge in [-0.15, -0.1) is 0 Å². The van der Waals surface area contributed by atoms with Crippen LogP contribution in [0, 0.1) is 5.92 Å². The van der Waals surface area contributed by atoms with E-state index >= 15 is 0 Å².